The molecule has 1 saturated heterocycles. The lowest BCUT2D eigenvalue weighted by Crippen LogP contribution is -2.37. The van der Waals surface area contributed by atoms with E-state index in [2.05, 4.69) is 5.32 Å². The van der Waals surface area contributed by atoms with E-state index < -0.39 is 23.7 Å². The predicted octanol–water partition coefficient (Wildman–Crippen LogP) is 4.10. The van der Waals surface area contributed by atoms with E-state index in [1.54, 1.807) is 18.2 Å². The van der Waals surface area contributed by atoms with Crippen molar-refractivity contribution in [2.45, 2.75) is 25.2 Å². The molecule has 0 radical (unpaired) electrons. The molecule has 0 spiro atoms. The number of halogens is 3. The van der Waals surface area contributed by atoms with E-state index in [0.29, 0.717) is 5.39 Å². The summed E-state index contributed by atoms with van der Waals surface area (Å²) in [6.07, 6.45) is -4.53. The molecule has 3 aromatic carbocycles. The number of hydrogen-bond acceptors (Lipinski definition) is 3. The molecular formula is C23H19F3N2O3. The normalized spacial score (nSPS) is 16.7. The highest BCUT2D eigenvalue weighted by Gasteiger charge is 2.36. The highest BCUT2D eigenvalue weighted by atomic mass is 19.4. The van der Waals surface area contributed by atoms with Crippen LogP contribution in [-0.4, -0.2) is 34.4 Å². The summed E-state index contributed by atoms with van der Waals surface area (Å²) < 4.78 is 39.7. The number of aromatic hydroxyl groups is 1. The largest absolute Gasteiger partial charge is 0.506 e. The van der Waals surface area contributed by atoms with E-state index in [1.807, 2.05) is 12.1 Å². The van der Waals surface area contributed by atoms with Crippen LogP contribution in [0.4, 0.5) is 13.2 Å². The van der Waals surface area contributed by atoms with Gasteiger partial charge in [0.25, 0.3) is 5.91 Å². The van der Waals surface area contributed by atoms with E-state index in [4.69, 9.17) is 0 Å². The summed E-state index contributed by atoms with van der Waals surface area (Å²) in [5.41, 5.74) is -0.703. The van der Waals surface area contributed by atoms with E-state index >= 15 is 0 Å². The van der Waals surface area contributed by atoms with Gasteiger partial charge in [0.05, 0.1) is 17.2 Å². The Morgan fingerprint density at radius 3 is 2.55 bits per heavy atom. The van der Waals surface area contributed by atoms with Crippen LogP contribution in [0, 0.1) is 0 Å². The number of likely N-dealkylation sites (tertiary alicyclic amines) is 1. The van der Waals surface area contributed by atoms with Gasteiger partial charge in [0.2, 0.25) is 5.91 Å². The predicted molar refractivity (Wildman–Crippen MR) is 108 cm³/mol. The molecule has 2 N–H and O–H groups in total. The standard InChI is InChI=1S/C23H19F3N2O3/c24-23(25,26)19-8-4-2-6-15(19)12-28-13-16(11-20(28)29)27-22(31)18-10-9-14-5-1-3-7-17(14)21(18)30/h1-10,16,30H,11-13H2,(H,27,31). The van der Waals surface area contributed by atoms with Crippen molar-refractivity contribution in [2.75, 3.05) is 6.54 Å². The van der Waals surface area contributed by atoms with Crippen molar-refractivity contribution in [1.82, 2.24) is 10.2 Å². The number of carbonyl (C=O) groups is 2. The third kappa shape index (κ3) is 4.19. The lowest BCUT2D eigenvalue weighted by atomic mass is 10.0. The molecule has 31 heavy (non-hydrogen) atoms. The Balaban J connectivity index is 1.47. The van der Waals surface area contributed by atoms with Gasteiger partial charge in [-0.05, 0) is 23.1 Å². The number of nitrogens with one attached hydrogen (secondary N) is 1. The summed E-state index contributed by atoms with van der Waals surface area (Å²) in [6.45, 7) is -0.104. The second-order valence-electron chi connectivity index (χ2n) is 7.49. The maximum atomic E-state index is 13.2. The maximum absolute atomic E-state index is 13.2. The molecule has 0 bridgehead atoms. The summed E-state index contributed by atoms with van der Waals surface area (Å²) in [5.74, 6) is -1.04. The fourth-order valence-corrected chi connectivity index (χ4v) is 3.86. The van der Waals surface area contributed by atoms with Crippen molar-refractivity contribution in [3.8, 4) is 5.75 Å². The van der Waals surface area contributed by atoms with Crippen LogP contribution >= 0.6 is 0 Å². The van der Waals surface area contributed by atoms with Gasteiger partial charge >= 0.3 is 6.18 Å². The third-order valence-corrected chi connectivity index (χ3v) is 5.38. The number of phenols is 1. The first-order chi connectivity index (χ1) is 14.7. The summed E-state index contributed by atoms with van der Waals surface area (Å²) in [4.78, 5) is 26.3. The molecule has 1 atom stereocenters. The monoisotopic (exact) mass is 428 g/mol. The van der Waals surface area contributed by atoms with Crippen molar-refractivity contribution in [1.29, 1.82) is 0 Å². The van der Waals surface area contributed by atoms with Gasteiger partial charge in [-0.3, -0.25) is 9.59 Å². The van der Waals surface area contributed by atoms with Crippen LogP contribution in [0.15, 0.2) is 60.7 Å². The highest BCUT2D eigenvalue weighted by Crippen LogP contribution is 2.33. The van der Waals surface area contributed by atoms with Gasteiger partial charge in [-0.15, -0.1) is 0 Å². The molecule has 1 aliphatic rings. The zero-order valence-electron chi connectivity index (χ0n) is 16.3. The maximum Gasteiger partial charge on any atom is 0.416 e. The average molecular weight is 428 g/mol. The van der Waals surface area contributed by atoms with Crippen molar-refractivity contribution >= 4 is 22.6 Å². The molecule has 160 valence electrons. The van der Waals surface area contributed by atoms with Crippen molar-refractivity contribution < 1.29 is 27.9 Å². The summed E-state index contributed by atoms with van der Waals surface area (Å²) in [7, 11) is 0. The molecule has 5 nitrogen and oxygen atoms in total. The van der Waals surface area contributed by atoms with Crippen LogP contribution in [0.3, 0.4) is 0 Å². The number of alkyl halides is 3. The Kier molecular flexibility index (Phi) is 5.31. The van der Waals surface area contributed by atoms with Crippen molar-refractivity contribution in [2.24, 2.45) is 0 Å². The smallest absolute Gasteiger partial charge is 0.416 e. The molecule has 1 aliphatic heterocycles. The van der Waals surface area contributed by atoms with Crippen molar-refractivity contribution in [3.05, 3.63) is 77.4 Å². The molecule has 3 aromatic rings. The molecule has 8 heteroatoms. The second-order valence-corrected chi connectivity index (χ2v) is 7.49. The van der Waals surface area contributed by atoms with Gasteiger partial charge in [0.15, 0.2) is 0 Å². The number of phenolic OH excluding ortho intramolecular Hbond substituents is 1. The summed E-state index contributed by atoms with van der Waals surface area (Å²) in [6, 6.07) is 14.8. The number of hydrogen-bond donors (Lipinski definition) is 2. The van der Waals surface area contributed by atoms with Gasteiger partial charge in [-0.25, -0.2) is 0 Å². The number of fused-ring (bicyclic) bond motifs is 1. The zero-order chi connectivity index (χ0) is 22.2. The third-order valence-electron chi connectivity index (χ3n) is 5.38. The minimum Gasteiger partial charge on any atom is -0.506 e. The van der Waals surface area contributed by atoms with Crippen LogP contribution in [-0.2, 0) is 17.5 Å². The first kappa shape index (κ1) is 20.7. The first-order valence-electron chi connectivity index (χ1n) is 9.68. The fourth-order valence-electron chi connectivity index (χ4n) is 3.86. The minimum absolute atomic E-state index is 0.00231. The van der Waals surface area contributed by atoms with E-state index in [-0.39, 0.29) is 42.3 Å². The Labute approximate surface area is 176 Å². The molecule has 0 saturated carbocycles. The number of rotatable bonds is 4. The van der Waals surface area contributed by atoms with Gasteiger partial charge < -0.3 is 15.3 Å². The SMILES string of the molecule is O=C(NC1CC(=O)N(Cc2ccccc2C(F)(F)F)C1)c1ccc2ccccc2c1O. The number of benzene rings is 3. The van der Waals surface area contributed by atoms with Crippen LogP contribution in [0.1, 0.15) is 27.9 Å². The summed E-state index contributed by atoms with van der Waals surface area (Å²) >= 11 is 0. The van der Waals surface area contributed by atoms with E-state index in [9.17, 15) is 27.9 Å². The van der Waals surface area contributed by atoms with Crippen LogP contribution < -0.4 is 5.32 Å². The number of nitrogens with zero attached hydrogens (tertiary/aromatic N) is 1. The molecule has 2 amide bonds. The molecule has 1 heterocycles. The quantitative estimate of drug-likeness (QED) is 0.658. The molecule has 1 fully saturated rings. The van der Waals surface area contributed by atoms with Crippen LogP contribution in [0.5, 0.6) is 5.75 Å². The lowest BCUT2D eigenvalue weighted by molar-refractivity contribution is -0.139. The average Bonchev–Trinajstić information content (AvgIpc) is 3.06. The Hall–Kier alpha value is -3.55. The van der Waals surface area contributed by atoms with Crippen molar-refractivity contribution in [3.63, 3.8) is 0 Å². The van der Waals surface area contributed by atoms with E-state index in [0.717, 1.165) is 11.5 Å². The minimum atomic E-state index is -4.51. The van der Waals surface area contributed by atoms with Gasteiger partial charge in [0.1, 0.15) is 5.75 Å². The highest BCUT2D eigenvalue weighted by molar-refractivity contribution is 6.03. The topological polar surface area (TPSA) is 69.6 Å². The first-order valence-corrected chi connectivity index (χ1v) is 9.68. The Morgan fingerprint density at radius 2 is 1.77 bits per heavy atom. The molecule has 1 unspecified atom stereocenters. The molecule has 0 aromatic heterocycles. The second kappa shape index (κ2) is 7.94. The fraction of sp³-hybridized carbons (Fsp3) is 0.217. The number of amides is 2. The number of carbonyl (C=O) groups excluding carboxylic acids is 2. The van der Waals surface area contributed by atoms with E-state index in [1.165, 1.54) is 29.2 Å². The lowest BCUT2D eigenvalue weighted by Gasteiger charge is -2.20. The van der Waals surface area contributed by atoms with Crippen LogP contribution in [0.2, 0.25) is 0 Å². The Morgan fingerprint density at radius 1 is 1.06 bits per heavy atom. The zero-order valence-corrected chi connectivity index (χ0v) is 16.3. The molecular weight excluding hydrogens is 409 g/mol. The van der Waals surface area contributed by atoms with Gasteiger partial charge in [-0.2, -0.15) is 13.2 Å². The summed E-state index contributed by atoms with van der Waals surface area (Å²) in [5, 5.41) is 14.5. The van der Waals surface area contributed by atoms with Crippen LogP contribution in [0.25, 0.3) is 10.8 Å². The Bertz CT molecular complexity index is 1160. The molecule has 4 rings (SSSR count). The molecule has 0 aliphatic carbocycles. The van der Waals surface area contributed by atoms with Gasteiger partial charge in [0, 0.05) is 24.9 Å². The van der Waals surface area contributed by atoms with Gasteiger partial charge in [-0.1, -0.05) is 48.5 Å².